The van der Waals surface area contributed by atoms with E-state index in [1.165, 1.54) is 5.56 Å². The zero-order chi connectivity index (χ0) is 15.5. The Morgan fingerprint density at radius 2 is 2.29 bits per heavy atom. The van der Waals surface area contributed by atoms with E-state index in [0.29, 0.717) is 13.0 Å². The molecule has 116 valence electrons. The van der Waals surface area contributed by atoms with E-state index < -0.39 is 11.4 Å². The highest BCUT2D eigenvalue weighted by Crippen LogP contribution is 2.34. The summed E-state index contributed by atoms with van der Waals surface area (Å²) in [5.41, 5.74) is 0.585. The first-order chi connectivity index (χ1) is 10.0. The number of aliphatic carboxylic acids is 1. The predicted molar refractivity (Wildman–Crippen MR) is 85.6 cm³/mol. The molecule has 0 aliphatic carbocycles. The molecule has 0 aromatic heterocycles. The standard InChI is InChI=1S/C16H22BrNO3/c1-3-16(15(19)20)7-4-8-18(11-16)10-12-5-6-14(21-2)13(17)9-12/h5-6,9H,3-4,7-8,10-11H2,1-2H3,(H,19,20). The Morgan fingerprint density at radius 1 is 1.52 bits per heavy atom. The second-order valence-electron chi connectivity index (χ2n) is 5.72. The molecule has 0 radical (unpaired) electrons. The van der Waals surface area contributed by atoms with Gasteiger partial charge in [-0.3, -0.25) is 9.69 Å². The third kappa shape index (κ3) is 3.58. The molecule has 1 aliphatic rings. The van der Waals surface area contributed by atoms with Crippen LogP contribution in [0.1, 0.15) is 31.7 Å². The highest BCUT2D eigenvalue weighted by Gasteiger charge is 2.40. The van der Waals surface area contributed by atoms with Crippen molar-refractivity contribution in [1.29, 1.82) is 0 Å². The van der Waals surface area contributed by atoms with Gasteiger partial charge in [-0.05, 0) is 59.4 Å². The molecule has 1 aliphatic heterocycles. The van der Waals surface area contributed by atoms with Gasteiger partial charge in [0.2, 0.25) is 0 Å². The molecule has 5 heteroatoms. The zero-order valence-corrected chi connectivity index (χ0v) is 14.1. The van der Waals surface area contributed by atoms with Gasteiger partial charge in [0.1, 0.15) is 5.75 Å². The Balaban J connectivity index is 2.09. The van der Waals surface area contributed by atoms with E-state index in [9.17, 15) is 9.90 Å². The highest BCUT2D eigenvalue weighted by atomic mass is 79.9. The van der Waals surface area contributed by atoms with Gasteiger partial charge in [-0.15, -0.1) is 0 Å². The number of nitrogens with zero attached hydrogens (tertiary/aromatic N) is 1. The molecule has 4 nitrogen and oxygen atoms in total. The highest BCUT2D eigenvalue weighted by molar-refractivity contribution is 9.10. The monoisotopic (exact) mass is 355 g/mol. The normalized spacial score (nSPS) is 23.0. The molecule has 1 N–H and O–H groups in total. The lowest BCUT2D eigenvalue weighted by atomic mass is 9.77. The molecule has 1 atom stereocenters. The van der Waals surface area contributed by atoms with Gasteiger partial charge in [-0.2, -0.15) is 0 Å². The van der Waals surface area contributed by atoms with Crippen molar-refractivity contribution in [3.8, 4) is 5.75 Å². The molecule has 2 rings (SSSR count). The minimum absolute atomic E-state index is 0.581. The van der Waals surface area contributed by atoms with Crippen molar-refractivity contribution in [1.82, 2.24) is 4.90 Å². The van der Waals surface area contributed by atoms with Crippen molar-refractivity contribution < 1.29 is 14.6 Å². The summed E-state index contributed by atoms with van der Waals surface area (Å²) in [5, 5.41) is 9.53. The molecule has 0 amide bonds. The van der Waals surface area contributed by atoms with Crippen LogP contribution in [0.4, 0.5) is 0 Å². The van der Waals surface area contributed by atoms with Crippen LogP contribution in [0, 0.1) is 5.41 Å². The largest absolute Gasteiger partial charge is 0.496 e. The van der Waals surface area contributed by atoms with Crippen LogP contribution in [-0.4, -0.2) is 36.2 Å². The van der Waals surface area contributed by atoms with E-state index in [1.807, 2.05) is 25.1 Å². The molecule has 1 aromatic rings. The van der Waals surface area contributed by atoms with Crippen LogP contribution in [-0.2, 0) is 11.3 Å². The van der Waals surface area contributed by atoms with Crippen molar-refractivity contribution in [2.24, 2.45) is 5.41 Å². The van der Waals surface area contributed by atoms with Crippen LogP contribution in [0.3, 0.4) is 0 Å². The number of hydrogen-bond donors (Lipinski definition) is 1. The smallest absolute Gasteiger partial charge is 0.310 e. The second-order valence-corrected chi connectivity index (χ2v) is 6.58. The Bertz CT molecular complexity index is 520. The number of likely N-dealkylation sites (tertiary alicyclic amines) is 1. The van der Waals surface area contributed by atoms with E-state index in [0.717, 1.165) is 36.2 Å². The summed E-state index contributed by atoms with van der Waals surface area (Å²) < 4.78 is 6.16. The minimum Gasteiger partial charge on any atom is -0.496 e. The molecule has 1 fully saturated rings. The zero-order valence-electron chi connectivity index (χ0n) is 12.6. The summed E-state index contributed by atoms with van der Waals surface area (Å²) in [6.07, 6.45) is 2.41. The van der Waals surface area contributed by atoms with Crippen molar-refractivity contribution in [2.75, 3.05) is 20.2 Å². The maximum absolute atomic E-state index is 11.6. The Hall–Kier alpha value is -1.07. The molecule has 0 spiro atoms. The number of hydrogen-bond acceptors (Lipinski definition) is 3. The average molecular weight is 356 g/mol. The number of carbonyl (C=O) groups is 1. The van der Waals surface area contributed by atoms with Crippen LogP contribution in [0.2, 0.25) is 0 Å². The summed E-state index contributed by atoms with van der Waals surface area (Å²) in [7, 11) is 1.65. The lowest BCUT2D eigenvalue weighted by Crippen LogP contribution is -2.47. The van der Waals surface area contributed by atoms with Gasteiger partial charge in [0.15, 0.2) is 0 Å². The molecule has 1 unspecified atom stereocenters. The Labute approximate surface area is 134 Å². The van der Waals surface area contributed by atoms with Crippen molar-refractivity contribution in [3.05, 3.63) is 28.2 Å². The number of halogens is 1. The first-order valence-corrected chi connectivity index (χ1v) is 8.08. The van der Waals surface area contributed by atoms with Crippen LogP contribution < -0.4 is 4.74 Å². The van der Waals surface area contributed by atoms with Gasteiger partial charge in [-0.25, -0.2) is 0 Å². The number of carboxylic acids is 1. The Kier molecular flexibility index (Phi) is 5.27. The molecule has 0 saturated carbocycles. The average Bonchev–Trinajstić information content (AvgIpc) is 2.47. The molecule has 1 saturated heterocycles. The first-order valence-electron chi connectivity index (χ1n) is 7.29. The van der Waals surface area contributed by atoms with Crippen LogP contribution >= 0.6 is 15.9 Å². The minimum atomic E-state index is -0.661. The van der Waals surface area contributed by atoms with Crippen LogP contribution in [0.15, 0.2) is 22.7 Å². The van der Waals surface area contributed by atoms with Crippen LogP contribution in [0.25, 0.3) is 0 Å². The van der Waals surface area contributed by atoms with Gasteiger partial charge < -0.3 is 9.84 Å². The fraction of sp³-hybridized carbons (Fsp3) is 0.562. The summed E-state index contributed by atoms with van der Waals surface area (Å²) >= 11 is 3.49. The Morgan fingerprint density at radius 3 is 2.86 bits per heavy atom. The summed E-state index contributed by atoms with van der Waals surface area (Å²) in [6, 6.07) is 6.02. The second kappa shape index (κ2) is 6.79. The molecule has 21 heavy (non-hydrogen) atoms. The summed E-state index contributed by atoms with van der Waals surface area (Å²) in [5.74, 6) is 0.149. The van der Waals surface area contributed by atoms with E-state index >= 15 is 0 Å². The fourth-order valence-corrected chi connectivity index (χ4v) is 3.63. The summed E-state index contributed by atoms with van der Waals surface area (Å²) in [4.78, 5) is 13.8. The van der Waals surface area contributed by atoms with Gasteiger partial charge >= 0.3 is 5.97 Å². The predicted octanol–water partition coefficient (Wildman–Crippen LogP) is 3.53. The fourth-order valence-electron chi connectivity index (χ4n) is 3.04. The third-order valence-corrected chi connectivity index (χ3v) is 5.03. The third-order valence-electron chi connectivity index (χ3n) is 4.41. The number of benzene rings is 1. The molecular formula is C16H22BrNO3. The molecule has 0 bridgehead atoms. The molecular weight excluding hydrogens is 334 g/mol. The number of carboxylic acid groups (broad SMARTS) is 1. The summed E-state index contributed by atoms with van der Waals surface area (Å²) in [6.45, 7) is 4.33. The number of rotatable bonds is 5. The lowest BCUT2D eigenvalue weighted by molar-refractivity contribution is -0.153. The molecule has 1 heterocycles. The van der Waals surface area contributed by atoms with Gasteiger partial charge in [0, 0.05) is 13.1 Å². The van der Waals surface area contributed by atoms with Gasteiger partial charge in [0.05, 0.1) is 17.0 Å². The topological polar surface area (TPSA) is 49.8 Å². The van der Waals surface area contributed by atoms with Crippen molar-refractivity contribution in [2.45, 2.75) is 32.7 Å². The first kappa shape index (κ1) is 16.3. The number of ether oxygens (including phenoxy) is 1. The number of methoxy groups -OCH3 is 1. The van der Waals surface area contributed by atoms with E-state index in [2.05, 4.69) is 20.8 Å². The van der Waals surface area contributed by atoms with E-state index in [-0.39, 0.29) is 0 Å². The number of piperidine rings is 1. The quantitative estimate of drug-likeness (QED) is 0.877. The van der Waals surface area contributed by atoms with Crippen LogP contribution in [0.5, 0.6) is 5.75 Å². The lowest BCUT2D eigenvalue weighted by Gasteiger charge is -2.39. The van der Waals surface area contributed by atoms with Crippen molar-refractivity contribution in [3.63, 3.8) is 0 Å². The maximum atomic E-state index is 11.6. The van der Waals surface area contributed by atoms with Crippen molar-refractivity contribution >= 4 is 21.9 Å². The van der Waals surface area contributed by atoms with Gasteiger partial charge in [-0.1, -0.05) is 13.0 Å². The van der Waals surface area contributed by atoms with E-state index in [4.69, 9.17) is 4.74 Å². The maximum Gasteiger partial charge on any atom is 0.310 e. The molecule has 1 aromatic carbocycles. The SMILES string of the molecule is CCC1(C(=O)O)CCCN(Cc2ccc(OC)c(Br)c2)C1. The van der Waals surface area contributed by atoms with E-state index in [1.54, 1.807) is 7.11 Å². The van der Waals surface area contributed by atoms with Gasteiger partial charge in [0.25, 0.3) is 0 Å².